The summed E-state index contributed by atoms with van der Waals surface area (Å²) in [6, 6.07) is 4.57. The number of carboxylic acids is 1. The Bertz CT molecular complexity index is 464. The molecule has 0 heterocycles. The zero-order valence-corrected chi connectivity index (χ0v) is 16.1. The number of hydrogen-bond acceptors (Lipinski definition) is 2. The Morgan fingerprint density at radius 1 is 1.00 bits per heavy atom. The van der Waals surface area contributed by atoms with Crippen LogP contribution in [0.25, 0.3) is 0 Å². The van der Waals surface area contributed by atoms with Gasteiger partial charge in [0.25, 0.3) is 0 Å². The van der Waals surface area contributed by atoms with Crippen molar-refractivity contribution in [2.24, 2.45) is 0 Å². The summed E-state index contributed by atoms with van der Waals surface area (Å²) in [6.45, 7) is 2.87. The van der Waals surface area contributed by atoms with E-state index in [4.69, 9.17) is 21.4 Å². The summed E-state index contributed by atoms with van der Waals surface area (Å²) in [4.78, 5) is 10.8. The summed E-state index contributed by atoms with van der Waals surface area (Å²) < 4.78 is 5.62. The Hall–Kier alpha value is -0.930. The summed E-state index contributed by atoms with van der Waals surface area (Å²) in [5, 5.41) is 9.24. The molecule has 0 unspecified atom stereocenters. The Morgan fingerprint density at radius 2 is 1.54 bits per heavy atom. The lowest BCUT2D eigenvalue weighted by Gasteiger charge is -2.08. The van der Waals surface area contributed by atoms with Gasteiger partial charge in [0.05, 0.1) is 17.2 Å². The van der Waals surface area contributed by atoms with Gasteiger partial charge in [0.15, 0.2) is 0 Å². The van der Waals surface area contributed by atoms with Crippen LogP contribution in [-0.4, -0.2) is 17.7 Å². The van der Waals surface area contributed by atoms with Crippen molar-refractivity contribution in [3.8, 4) is 5.75 Å². The number of hydrogen-bond donors (Lipinski definition) is 1. The van der Waals surface area contributed by atoms with Crippen LogP contribution in [0.2, 0.25) is 5.02 Å². The van der Waals surface area contributed by atoms with Gasteiger partial charge >= 0.3 is 5.97 Å². The molecule has 0 radical (unpaired) electrons. The van der Waals surface area contributed by atoms with Gasteiger partial charge in [-0.3, -0.25) is 0 Å². The monoisotopic (exact) mass is 376 g/mol. The Kier molecular flexibility index (Phi) is 13.9. The maximum absolute atomic E-state index is 10.8. The van der Waals surface area contributed by atoms with E-state index in [-0.39, 0.29) is 18.0 Å². The van der Waals surface area contributed by atoms with Crippen molar-refractivity contribution in [3.05, 3.63) is 28.8 Å². The number of carbonyl (C=O) groups is 1. The van der Waals surface area contributed by atoms with Crippen molar-refractivity contribution in [1.29, 1.82) is 0 Å². The maximum Gasteiger partial charge on any atom is 0.335 e. The third kappa shape index (κ3) is 10.0. The van der Waals surface area contributed by atoms with Gasteiger partial charge in [-0.05, 0) is 24.6 Å². The minimum Gasteiger partial charge on any atom is -0.492 e. The lowest BCUT2D eigenvalue weighted by atomic mass is 10.1. The Morgan fingerprint density at radius 3 is 2.04 bits per heavy atom. The lowest BCUT2D eigenvalue weighted by molar-refractivity contribution is 0.0697. The number of rotatable bonds is 13. The van der Waals surface area contributed by atoms with Crippen LogP contribution < -0.4 is 4.74 Å². The Balaban J connectivity index is 0.00000529. The van der Waals surface area contributed by atoms with E-state index in [2.05, 4.69) is 6.92 Å². The highest BCUT2D eigenvalue weighted by atomic mass is 35.5. The number of benzene rings is 1. The van der Waals surface area contributed by atoms with Crippen LogP contribution in [0.15, 0.2) is 18.2 Å². The average Bonchev–Trinajstić information content (AvgIpc) is 2.53. The number of carboxylic acid groups (broad SMARTS) is 1. The second kappa shape index (κ2) is 14.4. The van der Waals surface area contributed by atoms with Gasteiger partial charge in [-0.1, -0.05) is 76.3 Å². The molecule has 0 aromatic heterocycles. The number of ether oxygens (including phenoxy) is 1. The molecule has 0 aliphatic carbocycles. The normalized spacial score (nSPS) is 10.2. The first-order chi connectivity index (χ1) is 11.1. The third-order valence-electron chi connectivity index (χ3n) is 3.93. The van der Waals surface area contributed by atoms with E-state index < -0.39 is 5.97 Å². The molecule has 0 aliphatic heterocycles. The van der Waals surface area contributed by atoms with Crippen LogP contribution in [0, 0.1) is 0 Å². The van der Waals surface area contributed by atoms with E-state index in [0.29, 0.717) is 17.4 Å². The second-order valence-corrected chi connectivity index (χ2v) is 6.39. The van der Waals surface area contributed by atoms with Gasteiger partial charge in [0.2, 0.25) is 0 Å². The number of unbranched alkanes of at least 4 members (excludes halogenated alkanes) is 9. The molecule has 1 rings (SSSR count). The molecule has 0 atom stereocenters. The molecule has 5 heteroatoms. The second-order valence-electron chi connectivity index (χ2n) is 5.98. The smallest absolute Gasteiger partial charge is 0.335 e. The van der Waals surface area contributed by atoms with Crippen LogP contribution in [0.5, 0.6) is 5.75 Å². The topological polar surface area (TPSA) is 46.5 Å². The van der Waals surface area contributed by atoms with Crippen molar-refractivity contribution in [2.45, 2.75) is 71.1 Å². The van der Waals surface area contributed by atoms with Gasteiger partial charge in [-0.2, -0.15) is 0 Å². The largest absolute Gasteiger partial charge is 0.492 e. The van der Waals surface area contributed by atoms with Crippen LogP contribution in [0.3, 0.4) is 0 Å². The average molecular weight is 377 g/mol. The van der Waals surface area contributed by atoms with Gasteiger partial charge < -0.3 is 9.84 Å². The molecule has 0 amide bonds. The van der Waals surface area contributed by atoms with Crippen LogP contribution >= 0.6 is 24.0 Å². The summed E-state index contributed by atoms with van der Waals surface area (Å²) in [7, 11) is 0. The van der Waals surface area contributed by atoms with E-state index in [1.807, 2.05) is 0 Å². The van der Waals surface area contributed by atoms with Crippen molar-refractivity contribution < 1.29 is 14.6 Å². The molecule has 0 bridgehead atoms. The summed E-state index contributed by atoms with van der Waals surface area (Å²) in [6.07, 6.45) is 12.9. The fourth-order valence-corrected chi connectivity index (χ4v) is 2.76. The third-order valence-corrected chi connectivity index (χ3v) is 4.23. The van der Waals surface area contributed by atoms with Crippen molar-refractivity contribution in [3.63, 3.8) is 0 Å². The lowest BCUT2D eigenvalue weighted by Crippen LogP contribution is -2.00. The zero-order valence-electron chi connectivity index (χ0n) is 14.6. The molecule has 1 N–H and O–H groups in total. The van der Waals surface area contributed by atoms with E-state index in [1.165, 1.54) is 69.9 Å². The molecule has 0 aliphatic rings. The van der Waals surface area contributed by atoms with E-state index in [0.717, 1.165) is 6.42 Å². The molecule has 1 aromatic carbocycles. The highest BCUT2D eigenvalue weighted by Crippen LogP contribution is 2.25. The number of halogens is 2. The molecule has 0 saturated heterocycles. The molecule has 3 nitrogen and oxygen atoms in total. The van der Waals surface area contributed by atoms with Gasteiger partial charge in [-0.15, -0.1) is 12.4 Å². The number of aromatic carboxylic acids is 1. The van der Waals surface area contributed by atoms with Crippen LogP contribution in [0.4, 0.5) is 0 Å². The predicted octanol–water partition coefficient (Wildman–Crippen LogP) is 6.76. The molecule has 1 aromatic rings. The standard InChI is InChI=1S/C19H29ClO3.ClH/c1-2-3-4-5-6-7-8-9-10-11-14-23-18-13-12-16(19(21)22)15-17(18)20;/h12-13,15H,2-11,14H2,1H3,(H,21,22);1H. The van der Waals surface area contributed by atoms with Crippen molar-refractivity contribution in [1.82, 2.24) is 0 Å². The van der Waals surface area contributed by atoms with Crippen molar-refractivity contribution >= 4 is 30.0 Å². The van der Waals surface area contributed by atoms with E-state index in [9.17, 15) is 4.79 Å². The summed E-state index contributed by atoms with van der Waals surface area (Å²) in [5.41, 5.74) is 0.182. The van der Waals surface area contributed by atoms with Gasteiger partial charge in [-0.25, -0.2) is 4.79 Å². The summed E-state index contributed by atoms with van der Waals surface area (Å²) >= 11 is 6.02. The van der Waals surface area contributed by atoms with Gasteiger partial charge in [0.1, 0.15) is 5.75 Å². The van der Waals surface area contributed by atoms with Crippen LogP contribution in [-0.2, 0) is 0 Å². The first-order valence-electron chi connectivity index (χ1n) is 8.80. The first kappa shape index (κ1) is 23.1. The van der Waals surface area contributed by atoms with E-state index >= 15 is 0 Å². The fourth-order valence-electron chi connectivity index (χ4n) is 2.52. The van der Waals surface area contributed by atoms with E-state index in [1.54, 1.807) is 6.07 Å². The van der Waals surface area contributed by atoms with Gasteiger partial charge in [0, 0.05) is 0 Å². The molecule has 0 spiro atoms. The first-order valence-corrected chi connectivity index (χ1v) is 9.18. The molecule has 0 saturated carbocycles. The molecular weight excluding hydrogens is 347 g/mol. The minimum atomic E-state index is -0.979. The highest BCUT2D eigenvalue weighted by molar-refractivity contribution is 6.32. The molecule has 24 heavy (non-hydrogen) atoms. The minimum absolute atomic E-state index is 0. The maximum atomic E-state index is 10.8. The fraction of sp³-hybridized carbons (Fsp3) is 0.632. The SMILES string of the molecule is CCCCCCCCCCCCOc1ccc(C(=O)O)cc1Cl.Cl. The predicted molar refractivity (Wildman–Crippen MR) is 103 cm³/mol. The van der Waals surface area contributed by atoms with Crippen molar-refractivity contribution in [2.75, 3.05) is 6.61 Å². The quantitative estimate of drug-likeness (QED) is 0.386. The highest BCUT2D eigenvalue weighted by Gasteiger charge is 2.07. The molecule has 138 valence electrons. The molecule has 0 fully saturated rings. The zero-order chi connectivity index (χ0) is 16.9. The summed E-state index contributed by atoms with van der Waals surface area (Å²) in [5.74, 6) is -0.416. The van der Waals surface area contributed by atoms with Crippen LogP contribution in [0.1, 0.15) is 81.5 Å². The Labute approximate surface area is 157 Å². The molecular formula is C19H30Cl2O3.